The Labute approximate surface area is 92.9 Å². The first-order valence-corrected chi connectivity index (χ1v) is 5.86. The average Bonchev–Trinajstić information content (AvgIpc) is 2.28. The second kappa shape index (κ2) is 7.28. The van der Waals surface area contributed by atoms with E-state index in [0.717, 1.165) is 19.3 Å². The van der Waals surface area contributed by atoms with Gasteiger partial charge in [-0.25, -0.2) is 0 Å². The Balaban J connectivity index is 4.11. The van der Waals surface area contributed by atoms with Crippen LogP contribution in [0.1, 0.15) is 52.9 Å². The zero-order valence-electron chi connectivity index (χ0n) is 10.1. The van der Waals surface area contributed by atoms with Gasteiger partial charge in [-0.05, 0) is 19.3 Å². The van der Waals surface area contributed by atoms with Crippen LogP contribution in [-0.4, -0.2) is 12.5 Å². The normalized spacial score (nSPS) is 10.8. The van der Waals surface area contributed by atoms with Crippen molar-refractivity contribution in [3.63, 3.8) is 0 Å². The van der Waals surface area contributed by atoms with E-state index in [-0.39, 0.29) is 5.91 Å². The maximum atomic E-state index is 11.8. The second-order valence-corrected chi connectivity index (χ2v) is 3.86. The van der Waals surface area contributed by atoms with Gasteiger partial charge in [-0.1, -0.05) is 33.6 Å². The molecule has 0 spiro atoms. The number of nitrogens with one attached hydrogen (secondary N) is 1. The minimum Gasteiger partial charge on any atom is -0.355 e. The molecule has 0 aliphatic rings. The summed E-state index contributed by atoms with van der Waals surface area (Å²) in [6.07, 6.45) is 4.43. The summed E-state index contributed by atoms with van der Waals surface area (Å²) in [5, 5.41) is 11.9. The highest BCUT2D eigenvalue weighted by Gasteiger charge is 2.34. The van der Waals surface area contributed by atoms with E-state index in [0.29, 0.717) is 19.4 Å². The van der Waals surface area contributed by atoms with Crippen LogP contribution in [0.4, 0.5) is 0 Å². The standard InChI is InChI=1S/C12H22N2O/c1-4-7-8-9-14-11(15)12(5-2,6-3)10-13/h4-9H2,1-3H3,(H,14,15). The fourth-order valence-corrected chi connectivity index (χ4v) is 1.53. The zero-order valence-corrected chi connectivity index (χ0v) is 10.1. The number of carbonyl (C=O) groups is 1. The Kier molecular flexibility index (Phi) is 6.77. The molecule has 3 nitrogen and oxygen atoms in total. The lowest BCUT2D eigenvalue weighted by Gasteiger charge is -2.21. The fraction of sp³-hybridized carbons (Fsp3) is 0.833. The Morgan fingerprint density at radius 3 is 2.27 bits per heavy atom. The largest absolute Gasteiger partial charge is 0.355 e. The molecule has 0 saturated heterocycles. The van der Waals surface area contributed by atoms with Crippen molar-refractivity contribution in [2.45, 2.75) is 52.9 Å². The Morgan fingerprint density at radius 1 is 1.27 bits per heavy atom. The highest BCUT2D eigenvalue weighted by Crippen LogP contribution is 2.25. The maximum Gasteiger partial charge on any atom is 0.240 e. The average molecular weight is 210 g/mol. The van der Waals surface area contributed by atoms with Crippen molar-refractivity contribution >= 4 is 5.91 Å². The molecule has 3 heteroatoms. The molecule has 0 aliphatic carbocycles. The van der Waals surface area contributed by atoms with Gasteiger partial charge >= 0.3 is 0 Å². The van der Waals surface area contributed by atoms with E-state index in [2.05, 4.69) is 18.3 Å². The number of carbonyl (C=O) groups excluding carboxylic acids is 1. The lowest BCUT2D eigenvalue weighted by atomic mass is 9.83. The third-order valence-corrected chi connectivity index (χ3v) is 2.92. The lowest BCUT2D eigenvalue weighted by molar-refractivity contribution is -0.128. The number of unbranched alkanes of at least 4 members (excludes halogenated alkanes) is 2. The molecule has 0 heterocycles. The van der Waals surface area contributed by atoms with Crippen LogP contribution in [0.5, 0.6) is 0 Å². The van der Waals surface area contributed by atoms with Gasteiger partial charge in [-0.15, -0.1) is 0 Å². The van der Waals surface area contributed by atoms with Gasteiger partial charge in [0.05, 0.1) is 6.07 Å². The molecule has 0 aromatic rings. The first kappa shape index (κ1) is 14.0. The van der Waals surface area contributed by atoms with Crippen molar-refractivity contribution < 1.29 is 4.79 Å². The molecule has 0 atom stereocenters. The summed E-state index contributed by atoms with van der Waals surface area (Å²) in [4.78, 5) is 11.8. The molecule has 1 N–H and O–H groups in total. The quantitative estimate of drug-likeness (QED) is 0.657. The number of hydrogen-bond acceptors (Lipinski definition) is 2. The first-order valence-electron chi connectivity index (χ1n) is 5.86. The lowest BCUT2D eigenvalue weighted by Crippen LogP contribution is -2.39. The SMILES string of the molecule is CCCCCNC(=O)C(C#N)(CC)CC. The van der Waals surface area contributed by atoms with Gasteiger partial charge in [0, 0.05) is 6.54 Å². The van der Waals surface area contributed by atoms with E-state index in [1.54, 1.807) is 0 Å². The minimum atomic E-state index is -0.813. The Hall–Kier alpha value is -1.04. The highest BCUT2D eigenvalue weighted by molar-refractivity contribution is 5.85. The van der Waals surface area contributed by atoms with Crippen molar-refractivity contribution in [2.75, 3.05) is 6.54 Å². The van der Waals surface area contributed by atoms with Crippen LogP contribution in [0, 0.1) is 16.7 Å². The van der Waals surface area contributed by atoms with Crippen LogP contribution in [0.25, 0.3) is 0 Å². The molecule has 15 heavy (non-hydrogen) atoms. The molecule has 0 fully saturated rings. The van der Waals surface area contributed by atoms with E-state index in [1.807, 2.05) is 13.8 Å². The molecule has 0 bridgehead atoms. The minimum absolute atomic E-state index is 0.105. The monoisotopic (exact) mass is 210 g/mol. The van der Waals surface area contributed by atoms with Crippen molar-refractivity contribution in [3.05, 3.63) is 0 Å². The first-order chi connectivity index (χ1) is 7.16. The third-order valence-electron chi connectivity index (χ3n) is 2.92. The number of amides is 1. The molecule has 1 amide bonds. The smallest absolute Gasteiger partial charge is 0.240 e. The van der Waals surface area contributed by atoms with Gasteiger partial charge in [0.15, 0.2) is 0 Å². The number of hydrogen-bond donors (Lipinski definition) is 1. The van der Waals surface area contributed by atoms with Crippen molar-refractivity contribution in [2.24, 2.45) is 5.41 Å². The zero-order chi connectivity index (χ0) is 11.7. The second-order valence-electron chi connectivity index (χ2n) is 3.86. The Morgan fingerprint density at radius 2 is 1.87 bits per heavy atom. The number of rotatable bonds is 7. The topological polar surface area (TPSA) is 52.9 Å². The summed E-state index contributed by atoms with van der Waals surface area (Å²) in [5.41, 5.74) is -0.813. The fourth-order valence-electron chi connectivity index (χ4n) is 1.53. The van der Waals surface area contributed by atoms with Crippen LogP contribution in [0.2, 0.25) is 0 Å². The Bertz CT molecular complexity index is 226. The highest BCUT2D eigenvalue weighted by atomic mass is 16.2. The van der Waals surface area contributed by atoms with Crippen LogP contribution >= 0.6 is 0 Å². The van der Waals surface area contributed by atoms with E-state index in [4.69, 9.17) is 5.26 Å². The molecular weight excluding hydrogens is 188 g/mol. The predicted octanol–water partition coefficient (Wildman–Crippen LogP) is 2.62. The third kappa shape index (κ3) is 3.91. The van der Waals surface area contributed by atoms with E-state index < -0.39 is 5.41 Å². The van der Waals surface area contributed by atoms with Crippen molar-refractivity contribution in [1.82, 2.24) is 5.32 Å². The summed E-state index contributed by atoms with van der Waals surface area (Å²) in [7, 11) is 0. The molecule has 86 valence electrons. The van der Waals surface area contributed by atoms with E-state index >= 15 is 0 Å². The molecule has 0 aromatic heterocycles. The van der Waals surface area contributed by atoms with Gasteiger partial charge in [0.1, 0.15) is 5.41 Å². The summed E-state index contributed by atoms with van der Waals surface area (Å²) in [6.45, 7) is 6.59. The predicted molar refractivity (Wildman–Crippen MR) is 61.2 cm³/mol. The summed E-state index contributed by atoms with van der Waals surface area (Å²) in [6, 6.07) is 2.14. The maximum absolute atomic E-state index is 11.8. The van der Waals surface area contributed by atoms with E-state index in [9.17, 15) is 4.79 Å². The van der Waals surface area contributed by atoms with Gasteiger partial charge in [-0.3, -0.25) is 4.79 Å². The van der Waals surface area contributed by atoms with E-state index in [1.165, 1.54) is 0 Å². The van der Waals surface area contributed by atoms with Crippen LogP contribution in [0.3, 0.4) is 0 Å². The van der Waals surface area contributed by atoms with Crippen molar-refractivity contribution in [1.29, 1.82) is 5.26 Å². The molecule has 0 saturated carbocycles. The summed E-state index contributed by atoms with van der Waals surface area (Å²) >= 11 is 0. The molecule has 0 unspecified atom stereocenters. The molecule has 0 aromatic carbocycles. The molecule has 0 radical (unpaired) electrons. The van der Waals surface area contributed by atoms with Crippen LogP contribution < -0.4 is 5.32 Å². The molecule has 0 rings (SSSR count). The van der Waals surface area contributed by atoms with Gasteiger partial charge in [0.2, 0.25) is 5.91 Å². The van der Waals surface area contributed by atoms with Gasteiger partial charge in [-0.2, -0.15) is 5.26 Å². The molecular formula is C12H22N2O. The van der Waals surface area contributed by atoms with Gasteiger partial charge < -0.3 is 5.32 Å². The van der Waals surface area contributed by atoms with Gasteiger partial charge in [0.25, 0.3) is 0 Å². The number of nitriles is 1. The molecule has 0 aliphatic heterocycles. The van der Waals surface area contributed by atoms with Crippen LogP contribution in [-0.2, 0) is 4.79 Å². The number of nitrogens with zero attached hydrogens (tertiary/aromatic N) is 1. The van der Waals surface area contributed by atoms with Crippen LogP contribution in [0.15, 0.2) is 0 Å². The summed E-state index contributed by atoms with van der Waals surface area (Å²) in [5.74, 6) is -0.105. The summed E-state index contributed by atoms with van der Waals surface area (Å²) < 4.78 is 0. The van der Waals surface area contributed by atoms with Crippen molar-refractivity contribution in [3.8, 4) is 6.07 Å².